The summed E-state index contributed by atoms with van der Waals surface area (Å²) < 4.78 is 19.5. The van der Waals surface area contributed by atoms with Gasteiger partial charge in [0, 0.05) is 11.6 Å². The van der Waals surface area contributed by atoms with Crippen LogP contribution in [0.25, 0.3) is 11.3 Å². The number of nitrogens with two attached hydrogens (primary N) is 1. The summed E-state index contributed by atoms with van der Waals surface area (Å²) in [6.45, 7) is -0.0225. The van der Waals surface area contributed by atoms with Crippen LogP contribution in [0.15, 0.2) is 35.1 Å². The molecule has 0 bridgehead atoms. The summed E-state index contributed by atoms with van der Waals surface area (Å²) in [5, 5.41) is 4.03. The largest absolute Gasteiger partial charge is 0.494 e. The van der Waals surface area contributed by atoms with Crippen LogP contribution in [-0.4, -0.2) is 16.9 Å². The average molecular weight is 249 g/mol. The molecule has 18 heavy (non-hydrogen) atoms. The van der Waals surface area contributed by atoms with E-state index in [1.165, 1.54) is 31.4 Å². The monoisotopic (exact) mass is 249 g/mol. The number of ether oxygens (including phenoxy) is 1. The van der Waals surface area contributed by atoms with Crippen LogP contribution in [0.3, 0.4) is 0 Å². The standard InChI is InChI=1S/C12H12FN3O2/c1-18-11-4-2-8(6-9(11)13)10-3-5-12(17)16(7-14)15-10/h2-6H,7,14H2,1H3. The zero-order valence-corrected chi connectivity index (χ0v) is 9.76. The molecule has 0 radical (unpaired) electrons. The first-order valence-corrected chi connectivity index (χ1v) is 5.28. The highest BCUT2D eigenvalue weighted by Gasteiger charge is 2.07. The number of methoxy groups -OCH3 is 1. The van der Waals surface area contributed by atoms with Crippen molar-refractivity contribution >= 4 is 0 Å². The lowest BCUT2D eigenvalue weighted by Gasteiger charge is -2.06. The van der Waals surface area contributed by atoms with Gasteiger partial charge in [-0.1, -0.05) is 0 Å². The zero-order chi connectivity index (χ0) is 13.1. The Balaban J connectivity index is 2.48. The van der Waals surface area contributed by atoms with E-state index in [-0.39, 0.29) is 18.0 Å². The average Bonchev–Trinajstić information content (AvgIpc) is 2.39. The van der Waals surface area contributed by atoms with Gasteiger partial charge < -0.3 is 10.5 Å². The van der Waals surface area contributed by atoms with Gasteiger partial charge in [0.05, 0.1) is 19.5 Å². The Bertz CT molecular complexity index is 625. The van der Waals surface area contributed by atoms with Gasteiger partial charge in [0.2, 0.25) is 0 Å². The Morgan fingerprint density at radius 2 is 2.17 bits per heavy atom. The number of hydrogen-bond donors (Lipinski definition) is 1. The van der Waals surface area contributed by atoms with Gasteiger partial charge in [-0.25, -0.2) is 9.07 Å². The third-order valence-electron chi connectivity index (χ3n) is 2.49. The summed E-state index contributed by atoms with van der Waals surface area (Å²) >= 11 is 0. The van der Waals surface area contributed by atoms with Crippen LogP contribution in [-0.2, 0) is 6.67 Å². The molecule has 0 aliphatic heterocycles. The Kier molecular flexibility index (Phi) is 3.38. The highest BCUT2D eigenvalue weighted by Crippen LogP contribution is 2.23. The molecule has 2 aromatic rings. The lowest BCUT2D eigenvalue weighted by molar-refractivity contribution is 0.386. The third-order valence-corrected chi connectivity index (χ3v) is 2.49. The molecular weight excluding hydrogens is 237 g/mol. The molecule has 0 amide bonds. The van der Waals surface area contributed by atoms with Crippen molar-refractivity contribution < 1.29 is 9.13 Å². The van der Waals surface area contributed by atoms with Gasteiger partial charge >= 0.3 is 0 Å². The van der Waals surface area contributed by atoms with Gasteiger partial charge in [-0.05, 0) is 24.3 Å². The van der Waals surface area contributed by atoms with Crippen molar-refractivity contribution in [2.75, 3.05) is 7.11 Å². The summed E-state index contributed by atoms with van der Waals surface area (Å²) in [5.74, 6) is -0.326. The maximum atomic E-state index is 13.6. The highest BCUT2D eigenvalue weighted by atomic mass is 19.1. The smallest absolute Gasteiger partial charge is 0.267 e. The first-order valence-electron chi connectivity index (χ1n) is 5.28. The summed E-state index contributed by atoms with van der Waals surface area (Å²) in [6.07, 6.45) is 0. The fourth-order valence-electron chi connectivity index (χ4n) is 1.56. The summed E-state index contributed by atoms with van der Waals surface area (Å²) in [4.78, 5) is 11.3. The molecule has 1 aromatic carbocycles. The topological polar surface area (TPSA) is 70.1 Å². The molecule has 0 fully saturated rings. The fourth-order valence-corrected chi connectivity index (χ4v) is 1.56. The number of halogens is 1. The van der Waals surface area contributed by atoms with Crippen LogP contribution in [0.4, 0.5) is 4.39 Å². The Labute approximate surface area is 103 Å². The first kappa shape index (κ1) is 12.3. The van der Waals surface area contributed by atoms with E-state index < -0.39 is 5.82 Å². The van der Waals surface area contributed by atoms with Gasteiger partial charge in [-0.3, -0.25) is 4.79 Å². The lowest BCUT2D eigenvalue weighted by Crippen LogP contribution is -2.25. The Morgan fingerprint density at radius 1 is 1.39 bits per heavy atom. The molecule has 2 rings (SSSR count). The van der Waals surface area contributed by atoms with Crippen molar-refractivity contribution in [2.24, 2.45) is 5.73 Å². The molecule has 5 nitrogen and oxygen atoms in total. The van der Waals surface area contributed by atoms with E-state index in [9.17, 15) is 9.18 Å². The van der Waals surface area contributed by atoms with Crippen molar-refractivity contribution in [3.63, 3.8) is 0 Å². The fraction of sp³-hybridized carbons (Fsp3) is 0.167. The van der Waals surface area contributed by atoms with Crippen molar-refractivity contribution in [1.82, 2.24) is 9.78 Å². The molecule has 0 aliphatic carbocycles. The Morgan fingerprint density at radius 3 is 2.78 bits per heavy atom. The highest BCUT2D eigenvalue weighted by molar-refractivity contribution is 5.59. The van der Waals surface area contributed by atoms with Gasteiger partial charge in [0.1, 0.15) is 0 Å². The summed E-state index contributed by atoms with van der Waals surface area (Å²) in [7, 11) is 1.39. The van der Waals surface area contributed by atoms with Crippen molar-refractivity contribution in [2.45, 2.75) is 6.67 Å². The zero-order valence-electron chi connectivity index (χ0n) is 9.76. The maximum Gasteiger partial charge on any atom is 0.267 e. The quantitative estimate of drug-likeness (QED) is 0.880. The minimum absolute atomic E-state index is 0.0225. The molecular formula is C12H12FN3O2. The van der Waals surface area contributed by atoms with Crippen LogP contribution >= 0.6 is 0 Å². The molecule has 0 spiro atoms. The number of aromatic nitrogens is 2. The van der Waals surface area contributed by atoms with E-state index in [4.69, 9.17) is 10.5 Å². The number of benzene rings is 1. The molecule has 0 unspecified atom stereocenters. The predicted octanol–water partition coefficient (Wildman–Crippen LogP) is 0.974. The van der Waals surface area contributed by atoms with Crippen LogP contribution in [0.5, 0.6) is 5.75 Å². The lowest BCUT2D eigenvalue weighted by atomic mass is 10.1. The molecule has 0 atom stereocenters. The van der Waals surface area contributed by atoms with Gasteiger partial charge in [-0.2, -0.15) is 5.10 Å². The third kappa shape index (κ3) is 2.23. The van der Waals surface area contributed by atoms with Gasteiger partial charge in [0.25, 0.3) is 5.56 Å². The Hall–Kier alpha value is -2.21. The van der Waals surface area contributed by atoms with Gasteiger partial charge in [0.15, 0.2) is 11.6 Å². The minimum Gasteiger partial charge on any atom is -0.494 e. The molecule has 0 saturated carbocycles. The van der Waals surface area contributed by atoms with E-state index in [1.54, 1.807) is 6.07 Å². The van der Waals surface area contributed by atoms with Crippen molar-refractivity contribution in [3.05, 3.63) is 46.5 Å². The van der Waals surface area contributed by atoms with Crippen LogP contribution in [0.2, 0.25) is 0 Å². The summed E-state index contributed by atoms with van der Waals surface area (Å²) in [6, 6.07) is 7.33. The van der Waals surface area contributed by atoms with E-state index in [2.05, 4.69) is 5.10 Å². The van der Waals surface area contributed by atoms with E-state index >= 15 is 0 Å². The second-order valence-electron chi connectivity index (χ2n) is 3.59. The molecule has 94 valence electrons. The molecule has 2 N–H and O–H groups in total. The summed E-state index contributed by atoms with van der Waals surface area (Å²) in [5.41, 5.74) is 6.11. The van der Waals surface area contributed by atoms with E-state index in [1.807, 2.05) is 0 Å². The molecule has 0 aliphatic rings. The number of rotatable bonds is 3. The van der Waals surface area contributed by atoms with Crippen molar-refractivity contribution in [1.29, 1.82) is 0 Å². The van der Waals surface area contributed by atoms with Crippen LogP contribution in [0, 0.1) is 5.82 Å². The normalized spacial score (nSPS) is 10.4. The predicted molar refractivity (Wildman–Crippen MR) is 64.6 cm³/mol. The SMILES string of the molecule is COc1ccc(-c2ccc(=O)n(CN)n2)cc1F. The molecule has 1 heterocycles. The number of nitrogens with zero attached hydrogens (tertiary/aromatic N) is 2. The van der Waals surface area contributed by atoms with Crippen LogP contribution in [0.1, 0.15) is 0 Å². The van der Waals surface area contributed by atoms with Crippen LogP contribution < -0.4 is 16.0 Å². The molecule has 0 saturated heterocycles. The minimum atomic E-state index is -0.484. The molecule has 1 aromatic heterocycles. The van der Waals surface area contributed by atoms with E-state index in [0.717, 1.165) is 4.68 Å². The molecule has 6 heteroatoms. The van der Waals surface area contributed by atoms with Gasteiger partial charge in [-0.15, -0.1) is 0 Å². The second-order valence-corrected chi connectivity index (χ2v) is 3.59. The maximum absolute atomic E-state index is 13.6. The first-order chi connectivity index (χ1) is 8.65. The van der Waals surface area contributed by atoms with Crippen molar-refractivity contribution in [3.8, 4) is 17.0 Å². The number of hydrogen-bond acceptors (Lipinski definition) is 4. The van der Waals surface area contributed by atoms with E-state index in [0.29, 0.717) is 11.3 Å². The second kappa shape index (κ2) is 4.97.